The molecule has 50 heavy (non-hydrogen) atoms. The Kier molecular flexibility index (Phi) is 12.7. The van der Waals surface area contributed by atoms with Crippen LogP contribution in [0.1, 0.15) is 31.8 Å². The van der Waals surface area contributed by atoms with E-state index in [4.69, 9.17) is 54.1 Å². The third-order valence-corrected chi connectivity index (χ3v) is 7.57. The molecule has 0 aliphatic carbocycles. The minimum Gasteiger partial charge on any atom is -0.479 e. The van der Waals surface area contributed by atoms with Crippen molar-refractivity contribution in [2.75, 3.05) is 6.61 Å². The Labute approximate surface area is 296 Å². The largest absolute Gasteiger partial charge is 0.479 e. The lowest BCUT2D eigenvalue weighted by Crippen LogP contribution is -2.25. The van der Waals surface area contributed by atoms with E-state index in [1.54, 1.807) is 49.4 Å². The van der Waals surface area contributed by atoms with Crippen molar-refractivity contribution in [3.05, 3.63) is 98.5 Å². The molecule has 0 amide bonds. The van der Waals surface area contributed by atoms with E-state index in [-0.39, 0.29) is 39.7 Å². The lowest BCUT2D eigenvalue weighted by Gasteiger charge is -2.12. The Bertz CT molecular complexity index is 2060. The molecule has 2 heterocycles. The molecule has 5 rings (SSSR count). The molecule has 0 bridgehead atoms. The molecule has 0 saturated carbocycles. The van der Waals surface area contributed by atoms with Crippen molar-refractivity contribution >= 4 is 57.8 Å². The molecule has 0 aliphatic rings. The van der Waals surface area contributed by atoms with Crippen molar-refractivity contribution in [3.63, 3.8) is 0 Å². The number of esters is 1. The van der Waals surface area contributed by atoms with Crippen molar-refractivity contribution in [2.24, 2.45) is 0 Å². The number of carboxylic acids is 1. The molecule has 18 heteroatoms. The number of nitrogens with zero attached hydrogens (tertiary/aromatic N) is 5. The number of halogens is 6. The van der Waals surface area contributed by atoms with Crippen molar-refractivity contribution in [3.8, 4) is 23.1 Å². The average Bonchev–Trinajstić information content (AvgIpc) is 3.36. The number of benzene rings is 3. The molecule has 264 valence electrons. The number of alkyl halides is 3. The molecule has 0 spiro atoms. The molecule has 0 saturated heterocycles. The van der Waals surface area contributed by atoms with Gasteiger partial charge in [-0.1, -0.05) is 23.2 Å². The highest BCUT2D eigenvalue weighted by Gasteiger charge is 2.23. The Morgan fingerprint density at radius 3 is 2.32 bits per heavy atom. The Morgan fingerprint density at radius 2 is 1.70 bits per heavy atom. The summed E-state index contributed by atoms with van der Waals surface area (Å²) in [5, 5.41) is 11.9. The van der Waals surface area contributed by atoms with Crippen LogP contribution in [0.2, 0.25) is 10.0 Å². The first-order valence-corrected chi connectivity index (χ1v) is 15.7. The fourth-order valence-corrected chi connectivity index (χ4v) is 4.87. The highest BCUT2D eigenvalue weighted by atomic mass is 35.5. The van der Waals surface area contributed by atoms with Gasteiger partial charge in [0, 0.05) is 16.5 Å². The zero-order chi connectivity index (χ0) is 36.7. The first kappa shape index (κ1) is 38.0. The SMILES string of the molecule is CC(Oc1ccc(Oc2cnc3cc(Cl)ccc3n2)cc1)C(=O)O.CCOC(=O)C(Cl)Cc1cc(-n2nc(C)n(C(F)F)c2=O)c(F)cc1Cl. The molecule has 2 unspecified atom stereocenters. The number of hydrogen-bond donors (Lipinski definition) is 1. The number of carbonyl (C=O) groups is 2. The second-order valence-electron chi connectivity index (χ2n) is 10.2. The lowest BCUT2D eigenvalue weighted by molar-refractivity contribution is -0.144. The Balaban J connectivity index is 0.000000225. The average molecular weight is 757 g/mol. The number of rotatable bonds is 11. The summed E-state index contributed by atoms with van der Waals surface area (Å²) >= 11 is 17.8. The molecule has 1 N–H and O–H groups in total. The Morgan fingerprint density at radius 1 is 1.02 bits per heavy atom. The van der Waals surface area contributed by atoms with Crippen LogP contribution in [0.25, 0.3) is 16.7 Å². The predicted octanol–water partition coefficient (Wildman–Crippen LogP) is 7.17. The summed E-state index contributed by atoms with van der Waals surface area (Å²) in [7, 11) is 0. The van der Waals surface area contributed by atoms with Gasteiger partial charge in [0.2, 0.25) is 5.88 Å². The molecule has 0 radical (unpaired) electrons. The minimum absolute atomic E-state index is 0.0424. The summed E-state index contributed by atoms with van der Waals surface area (Å²) in [6.45, 7) is 1.27. The standard InChI is InChI=1S/C17H13ClN2O4.C15H14Cl2F3N3O3/c1-10(17(21)22)23-12-3-5-13(6-4-12)24-16-9-19-15-8-11(18)2-7-14(15)20-16;1-3-26-13(24)10(17)4-8-5-12(11(18)6-9(8)16)23-15(25)22(14(19)20)7(2)21-23/h2-10H,1H3,(H,21,22);5-6,10,14H,3-4H2,1-2H3. The van der Waals surface area contributed by atoms with Gasteiger partial charge in [0.25, 0.3) is 0 Å². The first-order valence-electron chi connectivity index (χ1n) is 14.5. The first-order chi connectivity index (χ1) is 23.7. The summed E-state index contributed by atoms with van der Waals surface area (Å²) in [5.74, 6) is -1.63. The number of carboxylic acid groups (broad SMARTS) is 1. The maximum absolute atomic E-state index is 14.2. The number of aryl methyl sites for hydroxylation is 1. The smallest absolute Gasteiger partial charge is 0.355 e. The topological polar surface area (TPSA) is 148 Å². The second kappa shape index (κ2) is 16.7. The molecule has 12 nitrogen and oxygen atoms in total. The molecule has 0 aliphatic heterocycles. The summed E-state index contributed by atoms with van der Waals surface area (Å²) in [4.78, 5) is 43.1. The van der Waals surface area contributed by atoms with Crippen LogP contribution in [0.5, 0.6) is 17.4 Å². The molecule has 0 fully saturated rings. The van der Waals surface area contributed by atoms with E-state index in [1.165, 1.54) is 20.0 Å². The number of aliphatic carboxylic acids is 1. The van der Waals surface area contributed by atoms with Gasteiger partial charge in [0.15, 0.2) is 11.9 Å². The zero-order valence-corrected chi connectivity index (χ0v) is 28.6. The molecule has 2 atom stereocenters. The normalized spacial score (nSPS) is 12.2. The molecule has 2 aromatic heterocycles. The van der Waals surface area contributed by atoms with Crippen molar-refractivity contribution in [2.45, 2.75) is 45.2 Å². The quantitative estimate of drug-likeness (QED) is 0.109. The van der Waals surface area contributed by atoms with Gasteiger partial charge in [-0.25, -0.2) is 28.5 Å². The lowest BCUT2D eigenvalue weighted by atomic mass is 10.1. The summed E-state index contributed by atoms with van der Waals surface area (Å²) in [6, 6.07) is 13.8. The molecule has 3 aromatic carbocycles. The summed E-state index contributed by atoms with van der Waals surface area (Å²) in [5.41, 5.74) is -0.0113. The van der Waals surface area contributed by atoms with Gasteiger partial charge >= 0.3 is 24.2 Å². The van der Waals surface area contributed by atoms with E-state index >= 15 is 0 Å². The third-order valence-electron chi connectivity index (χ3n) is 6.65. The summed E-state index contributed by atoms with van der Waals surface area (Å²) < 4.78 is 56.4. The highest BCUT2D eigenvalue weighted by molar-refractivity contribution is 6.32. The van der Waals surface area contributed by atoms with Gasteiger partial charge in [-0.2, -0.15) is 13.5 Å². The van der Waals surface area contributed by atoms with Gasteiger partial charge in [0.1, 0.15) is 28.4 Å². The molecular formula is C32H27Cl3F3N5O7. The van der Waals surface area contributed by atoms with Gasteiger partial charge in [-0.3, -0.25) is 4.79 Å². The van der Waals surface area contributed by atoms with Crippen molar-refractivity contribution in [1.82, 2.24) is 24.3 Å². The van der Waals surface area contributed by atoms with Crippen LogP contribution in [-0.2, 0) is 20.7 Å². The van der Waals surface area contributed by atoms with Crippen molar-refractivity contribution < 1.29 is 42.1 Å². The Hall–Kier alpha value is -4.86. The number of carbonyl (C=O) groups excluding carboxylic acids is 1. The highest BCUT2D eigenvalue weighted by Crippen LogP contribution is 2.27. The van der Waals surface area contributed by atoms with Crippen LogP contribution in [0, 0.1) is 12.7 Å². The van der Waals surface area contributed by atoms with Gasteiger partial charge in [0.05, 0.1) is 23.8 Å². The van der Waals surface area contributed by atoms with Gasteiger partial charge in [-0.15, -0.1) is 16.7 Å². The fraction of sp³-hybridized carbons (Fsp3) is 0.250. The van der Waals surface area contributed by atoms with E-state index in [0.717, 1.165) is 12.1 Å². The maximum atomic E-state index is 14.2. The maximum Gasteiger partial charge on any atom is 0.355 e. The van der Waals surface area contributed by atoms with E-state index in [0.29, 0.717) is 38.1 Å². The predicted molar refractivity (Wildman–Crippen MR) is 178 cm³/mol. The summed E-state index contributed by atoms with van der Waals surface area (Å²) in [6.07, 6.45) is 0.473. The molecule has 5 aromatic rings. The van der Waals surface area contributed by atoms with Crippen LogP contribution in [0.4, 0.5) is 13.2 Å². The monoisotopic (exact) mass is 755 g/mol. The number of fused-ring (bicyclic) bond motifs is 1. The number of aromatic nitrogens is 5. The van der Waals surface area contributed by atoms with E-state index < -0.39 is 41.5 Å². The van der Waals surface area contributed by atoms with Gasteiger partial charge < -0.3 is 19.3 Å². The van der Waals surface area contributed by atoms with Gasteiger partial charge in [-0.05, 0) is 80.9 Å². The van der Waals surface area contributed by atoms with Crippen LogP contribution in [-0.4, -0.2) is 59.4 Å². The number of ether oxygens (including phenoxy) is 3. The minimum atomic E-state index is -3.12. The number of hydrogen-bond acceptors (Lipinski definition) is 9. The van der Waals surface area contributed by atoms with Crippen LogP contribution in [0.3, 0.4) is 0 Å². The van der Waals surface area contributed by atoms with Crippen LogP contribution in [0.15, 0.2) is 65.6 Å². The zero-order valence-electron chi connectivity index (χ0n) is 26.3. The second-order valence-corrected chi connectivity index (χ2v) is 11.6. The van der Waals surface area contributed by atoms with E-state index in [9.17, 15) is 27.6 Å². The van der Waals surface area contributed by atoms with Crippen LogP contribution < -0.4 is 15.2 Å². The van der Waals surface area contributed by atoms with E-state index in [1.807, 2.05) is 0 Å². The fourth-order valence-electron chi connectivity index (χ4n) is 4.24. The van der Waals surface area contributed by atoms with Crippen molar-refractivity contribution in [1.29, 1.82) is 0 Å². The molecular weight excluding hydrogens is 730 g/mol. The third kappa shape index (κ3) is 9.43. The van der Waals surface area contributed by atoms with E-state index in [2.05, 4.69) is 15.1 Å². The van der Waals surface area contributed by atoms with Crippen LogP contribution >= 0.6 is 34.8 Å².